The number of nitrogens with one attached hydrogen (secondary N) is 3. The van der Waals surface area contributed by atoms with E-state index in [1.54, 1.807) is 79.7 Å². The maximum absolute atomic E-state index is 13.8. The second-order valence-corrected chi connectivity index (χ2v) is 19.4. The highest BCUT2D eigenvalue weighted by molar-refractivity contribution is 9.10. The van der Waals surface area contributed by atoms with E-state index < -0.39 is 41.6 Å². The van der Waals surface area contributed by atoms with E-state index >= 15 is 0 Å². The van der Waals surface area contributed by atoms with Crippen LogP contribution < -0.4 is 25.4 Å². The maximum Gasteiger partial charge on any atom is 0.341 e. The number of para-hydroxylation sites is 2. The number of esters is 1. The zero-order chi connectivity index (χ0) is 62.2. The highest BCUT2D eigenvalue weighted by Gasteiger charge is 2.26. The van der Waals surface area contributed by atoms with Crippen molar-refractivity contribution in [3.8, 4) is 52.3 Å². The second kappa shape index (κ2) is 29.4. The van der Waals surface area contributed by atoms with Gasteiger partial charge in [0.1, 0.15) is 51.3 Å². The van der Waals surface area contributed by atoms with Gasteiger partial charge in [-0.2, -0.15) is 20.7 Å². The molecule has 0 spiro atoms. The Labute approximate surface area is 511 Å². The van der Waals surface area contributed by atoms with Crippen molar-refractivity contribution in [2.75, 3.05) is 31.9 Å². The minimum atomic E-state index is -2.91. The highest BCUT2D eigenvalue weighted by atomic mass is 79.9. The van der Waals surface area contributed by atoms with Gasteiger partial charge in [-0.05, 0) is 107 Å². The first-order valence-electron chi connectivity index (χ1n) is 24.7. The van der Waals surface area contributed by atoms with E-state index in [0.29, 0.717) is 65.2 Å². The fourth-order valence-electron chi connectivity index (χ4n) is 7.81. The maximum atomic E-state index is 13.8. The number of rotatable bonds is 15. The number of benzene rings is 5. The van der Waals surface area contributed by atoms with Gasteiger partial charge in [0.2, 0.25) is 11.8 Å². The molecular formula is C59H43BrCl3F3N12O8. The monoisotopic (exact) mass is 1290 g/mol. The van der Waals surface area contributed by atoms with Crippen LogP contribution >= 0.6 is 50.7 Å². The number of aromatic nitrogens is 7. The quantitative estimate of drug-likeness (QED) is 0.0489. The third kappa shape index (κ3) is 15.7. The van der Waals surface area contributed by atoms with Gasteiger partial charge in [-0.1, -0.05) is 71.2 Å². The Morgan fingerprint density at radius 2 is 1.44 bits per heavy atom. The molecule has 0 unspecified atom stereocenters. The number of pyridine rings is 1. The van der Waals surface area contributed by atoms with Crippen LogP contribution in [0.3, 0.4) is 0 Å². The molecule has 3 amide bonds. The number of halogens is 7. The molecular weight excluding hydrogens is 1250 g/mol. The van der Waals surface area contributed by atoms with E-state index in [9.17, 15) is 42.9 Å². The number of aryl methyl sites for hydroxylation is 2. The SMILES string of the molecule is CNC(=O)c1cc(C#N)cc(C)c1NC(=O)c1cc(Br)nn1-c1ncccc1Cl.CO/C=C(/C(=O)OC)c1ccccc1Oc1cc(Oc2ccccc2C#N)ncn1.Cn1cc(C(=O)Nc2ccc(F)cc2-c2ccc(Cl)c(Cl)c2)c(C(F)F)n1. The predicted molar refractivity (Wildman–Crippen MR) is 316 cm³/mol. The Balaban J connectivity index is 0.000000185. The van der Waals surface area contributed by atoms with Gasteiger partial charge in [0.25, 0.3) is 24.1 Å². The van der Waals surface area contributed by atoms with Crippen LogP contribution in [0.5, 0.6) is 23.3 Å². The molecule has 4 aromatic heterocycles. The summed E-state index contributed by atoms with van der Waals surface area (Å²) in [7, 11) is 5.61. The van der Waals surface area contributed by atoms with Crippen LogP contribution in [0, 0.1) is 35.4 Å². The van der Waals surface area contributed by atoms with Gasteiger partial charge in [-0.25, -0.2) is 37.6 Å². The summed E-state index contributed by atoms with van der Waals surface area (Å²) >= 11 is 21.4. The lowest BCUT2D eigenvalue weighted by Crippen LogP contribution is -2.24. The Morgan fingerprint density at radius 3 is 2.10 bits per heavy atom. The van der Waals surface area contributed by atoms with Crippen LogP contribution in [-0.2, 0) is 21.3 Å². The molecule has 4 heterocycles. The smallest absolute Gasteiger partial charge is 0.341 e. The predicted octanol–water partition coefficient (Wildman–Crippen LogP) is 13.3. The second-order valence-electron chi connectivity index (χ2n) is 17.4. The number of nitrogens with zero attached hydrogens (tertiary/aromatic N) is 9. The summed E-state index contributed by atoms with van der Waals surface area (Å²) < 4.78 is 64.2. The Kier molecular flexibility index (Phi) is 21.7. The van der Waals surface area contributed by atoms with Crippen LogP contribution in [0.1, 0.15) is 65.6 Å². The zero-order valence-corrected chi connectivity index (χ0v) is 49.2. The summed E-state index contributed by atoms with van der Waals surface area (Å²) in [5.74, 6) is -1.47. The number of carbonyl (C=O) groups is 4. The summed E-state index contributed by atoms with van der Waals surface area (Å²) in [6.45, 7) is 1.70. The summed E-state index contributed by atoms with van der Waals surface area (Å²) in [4.78, 5) is 62.3. The van der Waals surface area contributed by atoms with Crippen LogP contribution in [-0.4, -0.2) is 79.5 Å². The van der Waals surface area contributed by atoms with Gasteiger partial charge in [0.05, 0.1) is 75.6 Å². The lowest BCUT2D eigenvalue weighted by molar-refractivity contribution is -0.133. The molecule has 3 N–H and O–H groups in total. The van der Waals surface area contributed by atoms with Crippen LogP contribution in [0.2, 0.25) is 15.1 Å². The van der Waals surface area contributed by atoms with Crippen molar-refractivity contribution in [2.24, 2.45) is 7.05 Å². The lowest BCUT2D eigenvalue weighted by atomic mass is 10.0. The first-order chi connectivity index (χ1) is 41.3. The van der Waals surface area contributed by atoms with Gasteiger partial charge in [-0.15, -0.1) is 0 Å². The molecule has 5 aromatic carbocycles. The summed E-state index contributed by atoms with van der Waals surface area (Å²) in [5, 5.41) is 34.9. The van der Waals surface area contributed by atoms with Crippen LogP contribution in [0.4, 0.5) is 24.5 Å². The van der Waals surface area contributed by atoms with Gasteiger partial charge < -0.3 is 34.9 Å². The minimum absolute atomic E-state index is 0.157. The fourth-order valence-corrected chi connectivity index (χ4v) is 8.69. The Bertz CT molecular complexity index is 4150. The molecule has 86 heavy (non-hydrogen) atoms. The number of amides is 3. The Morgan fingerprint density at radius 1 is 0.733 bits per heavy atom. The minimum Gasteiger partial charge on any atom is -0.503 e. The molecule has 0 bridgehead atoms. The van der Waals surface area contributed by atoms with E-state index in [2.05, 4.69) is 63.1 Å². The largest absolute Gasteiger partial charge is 0.503 e. The van der Waals surface area contributed by atoms with Gasteiger partial charge in [0.15, 0.2) is 5.82 Å². The summed E-state index contributed by atoms with van der Waals surface area (Å²) in [5.41, 5.74) is 2.68. The molecule has 0 aliphatic heterocycles. The van der Waals surface area contributed by atoms with Gasteiger partial charge >= 0.3 is 5.97 Å². The van der Waals surface area contributed by atoms with E-state index in [-0.39, 0.29) is 50.7 Å². The van der Waals surface area contributed by atoms with Gasteiger partial charge in [0, 0.05) is 49.4 Å². The first-order valence-corrected chi connectivity index (χ1v) is 26.6. The number of hydrogen-bond acceptors (Lipinski definition) is 15. The topological polar surface area (TPSA) is 263 Å². The van der Waals surface area contributed by atoms with Crippen molar-refractivity contribution in [1.82, 2.24) is 39.8 Å². The molecule has 9 aromatic rings. The van der Waals surface area contributed by atoms with E-state index in [1.807, 2.05) is 6.07 Å². The number of ether oxygens (including phenoxy) is 4. The standard InChI is InChI=1S/C22H17N3O5.C19H14BrClN6O2.C18H12Cl2F3N3O/c1-27-13-17(22(26)28-2)16-8-4-6-10-19(16)30-21-11-20(24-14-25-21)29-18-9-5-3-7-15(18)12-23;1-10-6-11(9-22)7-12(18(28)23-2)16(10)25-19(29)14-8-15(20)26-27(14)17-13(21)4-3-5-24-17;1-26-8-12(16(25-26)17(22)23)18(27)24-15-5-3-10(21)7-11(15)9-2-4-13(19)14(20)6-9/h3-11,13-14H,1-2H3;3-8H,1-2H3,(H,23,28)(H,25,29);2-8,17H,1H3,(H,24,27)/b17-13+;;. The van der Waals surface area contributed by atoms with Crippen molar-refractivity contribution in [3.63, 3.8) is 0 Å². The van der Waals surface area contributed by atoms with Crippen LogP contribution in [0.25, 0.3) is 22.5 Å². The number of hydrogen-bond donors (Lipinski definition) is 3. The number of anilines is 2. The molecule has 0 radical (unpaired) electrons. The van der Waals surface area contributed by atoms with Crippen molar-refractivity contribution in [1.29, 1.82) is 10.5 Å². The third-order valence-corrected chi connectivity index (χ3v) is 13.1. The third-order valence-electron chi connectivity index (χ3n) is 11.7. The molecule has 0 atom stereocenters. The zero-order valence-electron chi connectivity index (χ0n) is 45.4. The molecule has 0 fully saturated rings. The molecule has 9 rings (SSSR count). The van der Waals surface area contributed by atoms with Crippen molar-refractivity contribution < 1.29 is 51.3 Å². The normalized spacial score (nSPS) is 10.7. The fraction of sp³-hybridized carbons (Fsp3) is 0.102. The van der Waals surface area contributed by atoms with Crippen molar-refractivity contribution >= 4 is 91.4 Å². The number of alkyl halides is 2. The molecule has 0 aliphatic rings. The molecule has 436 valence electrons. The van der Waals surface area contributed by atoms with Crippen molar-refractivity contribution in [2.45, 2.75) is 13.3 Å². The summed E-state index contributed by atoms with van der Waals surface area (Å²) in [6, 6.07) is 35.4. The number of methoxy groups -OCH3 is 2. The highest BCUT2D eigenvalue weighted by Crippen LogP contribution is 2.36. The van der Waals surface area contributed by atoms with Gasteiger partial charge in [-0.3, -0.25) is 19.1 Å². The van der Waals surface area contributed by atoms with E-state index in [1.165, 1.54) is 100 Å². The van der Waals surface area contributed by atoms with E-state index in [4.69, 9.17) is 53.8 Å². The number of nitriles is 2. The summed E-state index contributed by atoms with van der Waals surface area (Å²) in [6.07, 6.45) is 2.37. The van der Waals surface area contributed by atoms with Crippen molar-refractivity contribution in [3.05, 3.63) is 217 Å². The van der Waals surface area contributed by atoms with E-state index in [0.717, 1.165) is 10.7 Å². The Hall–Kier alpha value is -10.1. The number of carbonyl (C=O) groups excluding carboxylic acids is 4. The lowest BCUT2D eigenvalue weighted by Gasteiger charge is -2.14. The van der Waals surface area contributed by atoms with Crippen LogP contribution in [0.15, 0.2) is 151 Å². The molecule has 20 nitrogen and oxygen atoms in total. The molecule has 27 heteroatoms. The average molecular weight is 1290 g/mol. The average Bonchev–Trinajstić information content (AvgIpc) is 2.46. The first kappa shape index (κ1) is 63.5. The molecule has 0 saturated heterocycles. The molecule has 0 saturated carbocycles. The molecule has 0 aliphatic carbocycles.